The molecule has 22 heavy (non-hydrogen) atoms. The molecule has 124 valence electrons. The van der Waals surface area contributed by atoms with Crippen LogP contribution in [0.2, 0.25) is 0 Å². The van der Waals surface area contributed by atoms with Crippen LogP contribution in [0.25, 0.3) is 0 Å². The maximum atomic E-state index is 5.80. The summed E-state index contributed by atoms with van der Waals surface area (Å²) in [6.07, 6.45) is 2.65. The van der Waals surface area contributed by atoms with Crippen molar-refractivity contribution in [3.8, 4) is 11.5 Å². The third-order valence-corrected chi connectivity index (χ3v) is 2.64. The van der Waals surface area contributed by atoms with E-state index in [2.05, 4.69) is 16.9 Å². The highest BCUT2D eigenvalue weighted by atomic mass is 127. The Balaban J connectivity index is 0.00000441. The molecule has 0 heterocycles. The van der Waals surface area contributed by atoms with E-state index in [1.54, 1.807) is 26.4 Å². The van der Waals surface area contributed by atoms with Crippen LogP contribution in [0.15, 0.2) is 35.8 Å². The summed E-state index contributed by atoms with van der Waals surface area (Å²) in [5.41, 5.74) is 6.58. The Kier molecular flexibility index (Phi) is 11.3. The van der Waals surface area contributed by atoms with E-state index in [0.717, 1.165) is 12.1 Å². The summed E-state index contributed by atoms with van der Waals surface area (Å²) in [6.45, 7) is 5.31. The van der Waals surface area contributed by atoms with Crippen LogP contribution in [0.3, 0.4) is 0 Å². The Morgan fingerprint density at radius 1 is 1.27 bits per heavy atom. The fourth-order valence-electron chi connectivity index (χ4n) is 1.60. The normalized spacial score (nSPS) is 10.5. The third-order valence-electron chi connectivity index (χ3n) is 2.64. The lowest BCUT2D eigenvalue weighted by Crippen LogP contribution is -2.23. The van der Waals surface area contributed by atoms with E-state index in [4.69, 9.17) is 19.9 Å². The van der Waals surface area contributed by atoms with Crippen LogP contribution < -0.4 is 20.5 Å². The molecule has 7 heteroatoms. The van der Waals surface area contributed by atoms with Gasteiger partial charge in [-0.3, -0.25) is 4.99 Å². The smallest absolute Gasteiger partial charge is 0.193 e. The first-order valence-electron chi connectivity index (χ1n) is 6.69. The van der Waals surface area contributed by atoms with Crippen molar-refractivity contribution in [1.29, 1.82) is 0 Å². The second-order valence-corrected chi connectivity index (χ2v) is 4.15. The zero-order valence-electron chi connectivity index (χ0n) is 13.0. The molecule has 3 N–H and O–H groups in total. The van der Waals surface area contributed by atoms with Gasteiger partial charge in [0.1, 0.15) is 0 Å². The average molecular weight is 421 g/mol. The Hall–Kier alpha value is -1.48. The first kappa shape index (κ1) is 20.5. The minimum atomic E-state index is 0. The monoisotopic (exact) mass is 421 g/mol. The lowest BCUT2D eigenvalue weighted by Gasteiger charge is -2.10. The second kappa shape index (κ2) is 12.1. The molecule has 0 aliphatic heterocycles. The van der Waals surface area contributed by atoms with Gasteiger partial charge in [-0.2, -0.15) is 0 Å². The first-order valence-corrected chi connectivity index (χ1v) is 6.69. The van der Waals surface area contributed by atoms with Crippen molar-refractivity contribution in [2.45, 2.75) is 6.42 Å². The number of rotatable bonds is 9. The summed E-state index contributed by atoms with van der Waals surface area (Å²) in [5.74, 6) is 1.62. The van der Waals surface area contributed by atoms with Crippen LogP contribution in [0, 0.1) is 0 Å². The molecule has 0 aliphatic carbocycles. The van der Waals surface area contributed by atoms with Gasteiger partial charge in [0, 0.05) is 11.8 Å². The molecule has 1 aromatic rings. The molecule has 1 rings (SSSR count). The standard InChI is InChI=1S/C15H23N3O3.HI/c1-4-5-9-21-10-8-17-15(16)18-12-6-7-13(19-2)14(11-12)20-3;/h4,6-7,11H,1,5,8-10H2,2-3H3,(H3,16,17,18);1H. The van der Waals surface area contributed by atoms with Crippen LogP contribution in [0.4, 0.5) is 5.69 Å². The molecule has 0 fully saturated rings. The van der Waals surface area contributed by atoms with Crippen molar-refractivity contribution < 1.29 is 14.2 Å². The van der Waals surface area contributed by atoms with E-state index in [1.165, 1.54) is 0 Å². The van der Waals surface area contributed by atoms with Crippen molar-refractivity contribution >= 4 is 35.6 Å². The number of nitrogens with zero attached hydrogens (tertiary/aromatic N) is 1. The molecular weight excluding hydrogens is 397 g/mol. The quantitative estimate of drug-likeness (QED) is 0.211. The molecule has 6 nitrogen and oxygen atoms in total. The number of aliphatic imine (C=N–C) groups is 1. The fraction of sp³-hybridized carbons (Fsp3) is 0.400. The summed E-state index contributed by atoms with van der Waals surface area (Å²) >= 11 is 0. The Morgan fingerprint density at radius 3 is 2.64 bits per heavy atom. The Labute approximate surface area is 148 Å². The van der Waals surface area contributed by atoms with Crippen LogP contribution in [-0.4, -0.2) is 39.9 Å². The number of anilines is 1. The number of hydrogen-bond acceptors (Lipinski definition) is 4. The molecule has 0 bridgehead atoms. The summed E-state index contributed by atoms with van der Waals surface area (Å²) < 4.78 is 15.7. The van der Waals surface area contributed by atoms with Gasteiger partial charge in [-0.25, -0.2) is 0 Å². The van der Waals surface area contributed by atoms with Gasteiger partial charge in [-0.1, -0.05) is 6.08 Å². The van der Waals surface area contributed by atoms with Crippen molar-refractivity contribution in [2.24, 2.45) is 10.7 Å². The van der Waals surface area contributed by atoms with Crippen LogP contribution in [0.1, 0.15) is 6.42 Å². The van der Waals surface area contributed by atoms with E-state index >= 15 is 0 Å². The molecule has 0 radical (unpaired) electrons. The highest BCUT2D eigenvalue weighted by molar-refractivity contribution is 14.0. The molecule has 0 spiro atoms. The first-order chi connectivity index (χ1) is 10.2. The predicted octanol–water partition coefficient (Wildman–Crippen LogP) is 2.64. The number of nitrogens with two attached hydrogens (primary N) is 1. The number of benzene rings is 1. The largest absolute Gasteiger partial charge is 0.493 e. The zero-order chi connectivity index (χ0) is 15.5. The molecule has 0 atom stereocenters. The van der Waals surface area contributed by atoms with E-state index in [0.29, 0.717) is 37.2 Å². The fourth-order valence-corrected chi connectivity index (χ4v) is 1.60. The number of nitrogens with one attached hydrogen (secondary N) is 1. The summed E-state index contributed by atoms with van der Waals surface area (Å²) in [7, 11) is 3.17. The molecule has 0 saturated heterocycles. The number of methoxy groups -OCH3 is 2. The highest BCUT2D eigenvalue weighted by Gasteiger charge is 2.04. The molecule has 1 aromatic carbocycles. The Bertz CT molecular complexity index is 481. The minimum absolute atomic E-state index is 0. The van der Waals surface area contributed by atoms with Gasteiger partial charge < -0.3 is 25.3 Å². The number of guanidine groups is 1. The van der Waals surface area contributed by atoms with Gasteiger partial charge in [0.15, 0.2) is 17.5 Å². The van der Waals surface area contributed by atoms with Crippen molar-refractivity contribution in [3.05, 3.63) is 30.9 Å². The van der Waals surface area contributed by atoms with Gasteiger partial charge in [0.2, 0.25) is 0 Å². The van der Waals surface area contributed by atoms with Gasteiger partial charge in [-0.15, -0.1) is 30.6 Å². The van der Waals surface area contributed by atoms with E-state index < -0.39 is 0 Å². The summed E-state index contributed by atoms with van der Waals surface area (Å²) in [5, 5.41) is 2.99. The molecule has 0 aliphatic rings. The van der Waals surface area contributed by atoms with E-state index in [-0.39, 0.29) is 24.0 Å². The van der Waals surface area contributed by atoms with Crippen molar-refractivity contribution in [1.82, 2.24) is 0 Å². The predicted molar refractivity (Wildman–Crippen MR) is 101 cm³/mol. The van der Waals surface area contributed by atoms with Gasteiger partial charge in [0.25, 0.3) is 0 Å². The lowest BCUT2D eigenvalue weighted by molar-refractivity contribution is 0.146. The SMILES string of the molecule is C=CCCOCCN=C(N)Nc1ccc(OC)c(OC)c1.I. The number of ether oxygens (including phenoxy) is 3. The van der Waals surface area contributed by atoms with Crippen molar-refractivity contribution in [3.63, 3.8) is 0 Å². The van der Waals surface area contributed by atoms with E-state index in [1.807, 2.05) is 12.1 Å². The molecule has 0 saturated carbocycles. The van der Waals surface area contributed by atoms with Gasteiger partial charge in [0.05, 0.1) is 34.0 Å². The lowest BCUT2D eigenvalue weighted by atomic mass is 10.3. The molecule has 0 aromatic heterocycles. The van der Waals surface area contributed by atoms with Crippen LogP contribution in [-0.2, 0) is 4.74 Å². The highest BCUT2D eigenvalue weighted by Crippen LogP contribution is 2.29. The topological polar surface area (TPSA) is 78.1 Å². The number of halogens is 1. The second-order valence-electron chi connectivity index (χ2n) is 4.15. The molecule has 0 amide bonds. The third kappa shape index (κ3) is 7.51. The zero-order valence-corrected chi connectivity index (χ0v) is 15.3. The summed E-state index contributed by atoms with van der Waals surface area (Å²) in [4.78, 5) is 4.18. The van der Waals surface area contributed by atoms with Gasteiger partial charge in [-0.05, 0) is 18.6 Å². The molecular formula is C15H24IN3O3. The van der Waals surface area contributed by atoms with Crippen LogP contribution >= 0.6 is 24.0 Å². The maximum Gasteiger partial charge on any atom is 0.193 e. The Morgan fingerprint density at radius 2 is 2.00 bits per heavy atom. The maximum absolute atomic E-state index is 5.80. The van der Waals surface area contributed by atoms with Crippen molar-refractivity contribution in [2.75, 3.05) is 39.3 Å². The van der Waals surface area contributed by atoms with Crippen LogP contribution in [0.5, 0.6) is 11.5 Å². The number of hydrogen-bond donors (Lipinski definition) is 2. The van der Waals surface area contributed by atoms with Gasteiger partial charge >= 0.3 is 0 Å². The average Bonchev–Trinajstić information content (AvgIpc) is 2.50. The minimum Gasteiger partial charge on any atom is -0.493 e. The molecule has 0 unspecified atom stereocenters. The van der Waals surface area contributed by atoms with E-state index in [9.17, 15) is 0 Å². The summed E-state index contributed by atoms with van der Waals surface area (Å²) in [6, 6.07) is 5.43.